The highest BCUT2D eigenvalue weighted by atomic mass is 16.3. The van der Waals surface area contributed by atoms with Crippen molar-refractivity contribution in [2.75, 3.05) is 0 Å². The zero-order chi connectivity index (χ0) is 31.2. The van der Waals surface area contributed by atoms with E-state index in [1.165, 1.54) is 0 Å². The predicted molar refractivity (Wildman–Crippen MR) is 194 cm³/mol. The molecule has 1 N–H and O–H groups in total. The van der Waals surface area contributed by atoms with Crippen LogP contribution in [0.15, 0.2) is 178 Å². The van der Waals surface area contributed by atoms with Crippen LogP contribution >= 0.6 is 0 Å². The zero-order valence-corrected chi connectivity index (χ0v) is 25.5. The summed E-state index contributed by atoms with van der Waals surface area (Å²) in [7, 11) is 0. The largest absolute Gasteiger partial charge is 0.455 e. The Kier molecular flexibility index (Phi) is 6.50. The first-order chi connectivity index (χ1) is 23.3. The highest BCUT2D eigenvalue weighted by Crippen LogP contribution is 2.44. The smallest absolute Gasteiger partial charge is 0.159 e. The number of fused-ring (bicyclic) bond motifs is 4. The fraction of sp³-hybridized carbons (Fsp3) is 0.0233. The van der Waals surface area contributed by atoms with Crippen molar-refractivity contribution in [3.05, 3.63) is 180 Å². The van der Waals surface area contributed by atoms with E-state index in [0.717, 1.165) is 77.5 Å². The van der Waals surface area contributed by atoms with Crippen LogP contribution in [0.25, 0.3) is 55.0 Å². The molecule has 9 rings (SSSR count). The van der Waals surface area contributed by atoms with Crippen molar-refractivity contribution in [2.45, 2.75) is 6.17 Å². The van der Waals surface area contributed by atoms with Crippen molar-refractivity contribution in [3.63, 3.8) is 0 Å². The van der Waals surface area contributed by atoms with E-state index in [1.54, 1.807) is 0 Å². The summed E-state index contributed by atoms with van der Waals surface area (Å²) in [6.45, 7) is 0. The lowest BCUT2D eigenvalue weighted by atomic mass is 9.90. The van der Waals surface area contributed by atoms with Crippen LogP contribution in [-0.2, 0) is 0 Å². The Balaban J connectivity index is 1.24. The maximum absolute atomic E-state index is 6.60. The van der Waals surface area contributed by atoms with Crippen LogP contribution in [0.5, 0.6) is 0 Å². The summed E-state index contributed by atoms with van der Waals surface area (Å²) in [5.41, 5.74) is 9.40. The number of furan rings is 1. The second kappa shape index (κ2) is 11.3. The Morgan fingerprint density at radius 3 is 1.79 bits per heavy atom. The molecule has 0 saturated carbocycles. The molecule has 1 aromatic heterocycles. The summed E-state index contributed by atoms with van der Waals surface area (Å²) in [5.74, 6) is 1.52. The van der Waals surface area contributed by atoms with Gasteiger partial charge in [-0.15, -0.1) is 0 Å². The Bertz CT molecular complexity index is 2480. The molecule has 0 bridgehead atoms. The van der Waals surface area contributed by atoms with Crippen LogP contribution < -0.4 is 5.32 Å². The van der Waals surface area contributed by atoms with Gasteiger partial charge in [0.2, 0.25) is 0 Å². The normalized spacial score (nSPS) is 14.6. The molecule has 0 saturated heterocycles. The predicted octanol–water partition coefficient (Wildman–Crippen LogP) is 10.6. The lowest BCUT2D eigenvalue weighted by Crippen LogP contribution is -2.33. The van der Waals surface area contributed by atoms with Gasteiger partial charge in [-0.25, -0.2) is 9.98 Å². The fourth-order valence-corrected chi connectivity index (χ4v) is 6.76. The number of hydrogen-bond acceptors (Lipinski definition) is 4. The molecule has 1 aliphatic heterocycles. The van der Waals surface area contributed by atoms with Crippen LogP contribution in [0.2, 0.25) is 0 Å². The molecule has 0 radical (unpaired) electrons. The molecule has 8 aromatic rings. The molecule has 0 fully saturated rings. The van der Waals surface area contributed by atoms with Gasteiger partial charge in [0.15, 0.2) is 5.84 Å². The summed E-state index contributed by atoms with van der Waals surface area (Å²) in [5, 5.41) is 8.19. The van der Waals surface area contributed by atoms with E-state index in [0.29, 0.717) is 5.84 Å². The highest BCUT2D eigenvalue weighted by Gasteiger charge is 2.24. The van der Waals surface area contributed by atoms with Gasteiger partial charge in [-0.1, -0.05) is 152 Å². The van der Waals surface area contributed by atoms with E-state index >= 15 is 0 Å². The standard InChI is InChI=1S/C43H29N3O/c1-4-14-28(15-5-1)31-24-26-35(39-37-22-12-13-23-38(37)47-40(31)39)34-25-27-36(33-21-11-10-20-32(33)34)43-45-41(29-16-6-2-7-17-29)44-42(46-43)30-18-8-3-9-19-30/h1-27,43H,(H,44,45,46). The number of rotatable bonds is 5. The minimum Gasteiger partial charge on any atom is -0.455 e. The quantitative estimate of drug-likeness (QED) is 0.213. The van der Waals surface area contributed by atoms with Crippen LogP contribution in [0.4, 0.5) is 0 Å². The van der Waals surface area contributed by atoms with E-state index in [4.69, 9.17) is 14.4 Å². The first kappa shape index (κ1) is 27.1. The summed E-state index contributed by atoms with van der Waals surface area (Å²) in [6.07, 6.45) is -0.327. The van der Waals surface area contributed by atoms with E-state index in [1.807, 2.05) is 48.5 Å². The third-order valence-corrected chi connectivity index (χ3v) is 8.98. The van der Waals surface area contributed by atoms with Crippen LogP contribution in [0.3, 0.4) is 0 Å². The third kappa shape index (κ3) is 4.70. The monoisotopic (exact) mass is 603 g/mol. The van der Waals surface area contributed by atoms with Crippen molar-refractivity contribution in [1.82, 2.24) is 5.32 Å². The highest BCUT2D eigenvalue weighted by molar-refractivity contribution is 6.19. The maximum atomic E-state index is 6.60. The molecule has 4 nitrogen and oxygen atoms in total. The fourth-order valence-electron chi connectivity index (χ4n) is 6.76. The summed E-state index contributed by atoms with van der Waals surface area (Å²) in [6, 6.07) is 56.8. The van der Waals surface area contributed by atoms with Gasteiger partial charge in [0.05, 0.1) is 0 Å². The lowest BCUT2D eigenvalue weighted by molar-refractivity contribution is 0.670. The number of amidine groups is 2. The number of benzene rings is 7. The van der Waals surface area contributed by atoms with Gasteiger partial charge >= 0.3 is 0 Å². The molecule has 7 aromatic carbocycles. The van der Waals surface area contributed by atoms with Gasteiger partial charge in [0, 0.05) is 33.0 Å². The van der Waals surface area contributed by atoms with Gasteiger partial charge in [-0.2, -0.15) is 0 Å². The van der Waals surface area contributed by atoms with Crippen LogP contribution in [-0.4, -0.2) is 11.7 Å². The lowest BCUT2D eigenvalue weighted by Gasteiger charge is -2.25. The topological polar surface area (TPSA) is 49.9 Å². The molecule has 0 spiro atoms. The van der Waals surface area contributed by atoms with E-state index in [2.05, 4.69) is 121 Å². The number of hydrogen-bond donors (Lipinski definition) is 1. The molecule has 1 aliphatic rings. The molecule has 47 heavy (non-hydrogen) atoms. The second-order valence-electron chi connectivity index (χ2n) is 11.8. The molecule has 0 amide bonds. The average Bonchev–Trinajstić information content (AvgIpc) is 3.55. The molecule has 1 unspecified atom stereocenters. The first-order valence-corrected chi connectivity index (χ1v) is 15.9. The van der Waals surface area contributed by atoms with Gasteiger partial charge in [0.1, 0.15) is 23.2 Å². The summed E-state index contributed by atoms with van der Waals surface area (Å²) < 4.78 is 6.60. The number of nitrogens with one attached hydrogen (secondary N) is 1. The molecule has 2 heterocycles. The number of aliphatic imine (C=N–C) groups is 2. The van der Waals surface area contributed by atoms with E-state index in [-0.39, 0.29) is 6.17 Å². The Morgan fingerprint density at radius 2 is 1.04 bits per heavy atom. The van der Waals surface area contributed by atoms with Crippen molar-refractivity contribution < 1.29 is 4.42 Å². The summed E-state index contributed by atoms with van der Waals surface area (Å²) >= 11 is 0. The summed E-state index contributed by atoms with van der Waals surface area (Å²) in [4.78, 5) is 10.2. The van der Waals surface area contributed by atoms with E-state index < -0.39 is 0 Å². The molecule has 222 valence electrons. The number of para-hydroxylation sites is 1. The minimum atomic E-state index is -0.327. The Morgan fingerprint density at radius 1 is 0.468 bits per heavy atom. The number of nitrogens with zero attached hydrogens (tertiary/aromatic N) is 2. The Labute approximate surface area is 272 Å². The van der Waals surface area contributed by atoms with Gasteiger partial charge in [-0.05, 0) is 39.6 Å². The van der Waals surface area contributed by atoms with E-state index in [9.17, 15) is 0 Å². The Hall–Kier alpha value is -6.26. The molecular weight excluding hydrogens is 574 g/mol. The SMILES string of the molecule is c1ccc(C2=NC(c3ccc(-c4ccc(-c5ccccc5)c5oc6ccccc6c45)c4ccccc34)NC(c3ccccc3)=N2)cc1. The molecular formula is C43H29N3O. The van der Waals surface area contributed by atoms with Crippen molar-refractivity contribution in [3.8, 4) is 22.3 Å². The van der Waals surface area contributed by atoms with Crippen molar-refractivity contribution >= 4 is 44.4 Å². The van der Waals surface area contributed by atoms with Crippen LogP contribution in [0.1, 0.15) is 22.9 Å². The van der Waals surface area contributed by atoms with Crippen LogP contribution in [0, 0.1) is 0 Å². The zero-order valence-electron chi connectivity index (χ0n) is 25.5. The molecule has 1 atom stereocenters. The third-order valence-electron chi connectivity index (χ3n) is 8.98. The van der Waals surface area contributed by atoms with Gasteiger partial charge < -0.3 is 9.73 Å². The minimum absolute atomic E-state index is 0.327. The van der Waals surface area contributed by atoms with Gasteiger partial charge in [0.25, 0.3) is 0 Å². The maximum Gasteiger partial charge on any atom is 0.159 e. The molecule has 4 heteroatoms. The second-order valence-corrected chi connectivity index (χ2v) is 11.8. The first-order valence-electron chi connectivity index (χ1n) is 15.9. The van der Waals surface area contributed by atoms with Crippen molar-refractivity contribution in [1.29, 1.82) is 0 Å². The molecule has 0 aliphatic carbocycles. The van der Waals surface area contributed by atoms with Gasteiger partial charge in [-0.3, -0.25) is 0 Å². The average molecular weight is 604 g/mol. The van der Waals surface area contributed by atoms with Crippen molar-refractivity contribution in [2.24, 2.45) is 9.98 Å².